The Morgan fingerprint density at radius 1 is 1.30 bits per heavy atom. The van der Waals surface area contributed by atoms with E-state index in [0.717, 1.165) is 28.1 Å². The molecule has 0 saturated heterocycles. The summed E-state index contributed by atoms with van der Waals surface area (Å²) in [6.45, 7) is 7.18. The molecule has 0 aliphatic heterocycles. The molecule has 0 bridgehead atoms. The number of hydrogen-bond donors (Lipinski definition) is 2. The molecule has 0 atom stereocenters. The molecule has 1 aromatic heterocycles. The lowest BCUT2D eigenvalue weighted by molar-refractivity contribution is 0.686. The molecule has 0 fully saturated rings. The molecule has 0 aliphatic rings. The van der Waals surface area contributed by atoms with E-state index in [1.807, 2.05) is 25.1 Å². The molecule has 1 heterocycles. The molecule has 0 aliphatic carbocycles. The molecule has 5 nitrogen and oxygen atoms in total. The first-order valence-corrected chi connectivity index (χ1v) is 7.30. The third kappa shape index (κ3) is 4.16. The lowest BCUT2D eigenvalue weighted by Crippen LogP contribution is -2.10. The SMILES string of the molecule is Cc1cc(Nc2nncc(NCC(C)C)n2)ccc1Br. The highest BCUT2D eigenvalue weighted by atomic mass is 79.9. The van der Waals surface area contributed by atoms with Gasteiger partial charge in [-0.15, -0.1) is 5.10 Å². The third-order valence-electron chi connectivity index (χ3n) is 2.66. The number of hydrogen-bond acceptors (Lipinski definition) is 5. The predicted octanol–water partition coefficient (Wildman–Crippen LogP) is 3.75. The van der Waals surface area contributed by atoms with E-state index in [1.54, 1.807) is 6.20 Å². The van der Waals surface area contributed by atoms with Gasteiger partial charge in [-0.3, -0.25) is 0 Å². The molecule has 0 unspecified atom stereocenters. The number of aromatic nitrogens is 3. The van der Waals surface area contributed by atoms with Crippen LogP contribution in [0.2, 0.25) is 0 Å². The average Bonchev–Trinajstić information content (AvgIpc) is 2.41. The Labute approximate surface area is 127 Å². The van der Waals surface area contributed by atoms with Crippen molar-refractivity contribution in [3.05, 3.63) is 34.4 Å². The van der Waals surface area contributed by atoms with Crippen LogP contribution in [0.25, 0.3) is 0 Å². The van der Waals surface area contributed by atoms with Crippen molar-refractivity contribution in [3.63, 3.8) is 0 Å². The van der Waals surface area contributed by atoms with Gasteiger partial charge in [-0.2, -0.15) is 10.1 Å². The van der Waals surface area contributed by atoms with Crippen molar-refractivity contribution in [1.29, 1.82) is 0 Å². The van der Waals surface area contributed by atoms with Crippen molar-refractivity contribution in [2.75, 3.05) is 17.2 Å². The van der Waals surface area contributed by atoms with Crippen LogP contribution in [0.1, 0.15) is 19.4 Å². The maximum absolute atomic E-state index is 4.38. The number of anilines is 3. The largest absolute Gasteiger partial charge is 0.368 e. The van der Waals surface area contributed by atoms with Crippen LogP contribution in [-0.4, -0.2) is 21.7 Å². The number of halogens is 1. The van der Waals surface area contributed by atoms with Crippen molar-refractivity contribution < 1.29 is 0 Å². The maximum Gasteiger partial charge on any atom is 0.249 e. The van der Waals surface area contributed by atoms with Crippen LogP contribution in [0, 0.1) is 12.8 Å². The Morgan fingerprint density at radius 2 is 2.10 bits per heavy atom. The highest BCUT2D eigenvalue weighted by Crippen LogP contribution is 2.21. The quantitative estimate of drug-likeness (QED) is 0.871. The van der Waals surface area contributed by atoms with Gasteiger partial charge in [0.15, 0.2) is 5.82 Å². The van der Waals surface area contributed by atoms with Gasteiger partial charge in [0.05, 0.1) is 6.20 Å². The minimum Gasteiger partial charge on any atom is -0.368 e. The van der Waals surface area contributed by atoms with Crippen LogP contribution in [0.4, 0.5) is 17.5 Å². The van der Waals surface area contributed by atoms with E-state index in [1.165, 1.54) is 0 Å². The molecule has 6 heteroatoms. The van der Waals surface area contributed by atoms with Crippen LogP contribution in [-0.2, 0) is 0 Å². The summed E-state index contributed by atoms with van der Waals surface area (Å²) in [7, 11) is 0. The summed E-state index contributed by atoms with van der Waals surface area (Å²) in [6, 6.07) is 5.99. The van der Waals surface area contributed by atoms with Crippen LogP contribution < -0.4 is 10.6 Å². The van der Waals surface area contributed by atoms with Gasteiger partial charge < -0.3 is 10.6 Å². The molecule has 2 N–H and O–H groups in total. The van der Waals surface area contributed by atoms with Gasteiger partial charge in [-0.1, -0.05) is 29.8 Å². The van der Waals surface area contributed by atoms with Crippen molar-refractivity contribution >= 4 is 33.4 Å². The Hall–Kier alpha value is -1.69. The number of nitrogens with zero attached hydrogens (tertiary/aromatic N) is 3. The van der Waals surface area contributed by atoms with E-state index in [9.17, 15) is 0 Å². The van der Waals surface area contributed by atoms with E-state index >= 15 is 0 Å². The molecule has 0 saturated carbocycles. The van der Waals surface area contributed by atoms with Gasteiger partial charge in [0.1, 0.15) is 0 Å². The number of nitrogens with one attached hydrogen (secondary N) is 2. The Balaban J connectivity index is 2.08. The van der Waals surface area contributed by atoms with E-state index in [0.29, 0.717) is 11.9 Å². The van der Waals surface area contributed by atoms with Gasteiger partial charge in [0.2, 0.25) is 5.95 Å². The Morgan fingerprint density at radius 3 is 2.80 bits per heavy atom. The highest BCUT2D eigenvalue weighted by molar-refractivity contribution is 9.10. The molecule has 106 valence electrons. The van der Waals surface area contributed by atoms with E-state index in [4.69, 9.17) is 0 Å². The molecule has 0 radical (unpaired) electrons. The molecule has 0 spiro atoms. The second-order valence-electron chi connectivity index (χ2n) is 5.03. The summed E-state index contributed by atoms with van der Waals surface area (Å²) in [4.78, 5) is 4.38. The Kier molecular flexibility index (Phi) is 4.89. The summed E-state index contributed by atoms with van der Waals surface area (Å²) in [5.41, 5.74) is 2.09. The van der Waals surface area contributed by atoms with Gasteiger partial charge in [-0.05, 0) is 36.6 Å². The second-order valence-corrected chi connectivity index (χ2v) is 5.88. The van der Waals surface area contributed by atoms with Crippen molar-refractivity contribution in [2.45, 2.75) is 20.8 Å². The van der Waals surface area contributed by atoms with Crippen LogP contribution >= 0.6 is 15.9 Å². The molecular weight excluding hydrogens is 318 g/mol. The van der Waals surface area contributed by atoms with Gasteiger partial charge in [0.25, 0.3) is 0 Å². The van der Waals surface area contributed by atoms with Gasteiger partial charge in [0, 0.05) is 16.7 Å². The van der Waals surface area contributed by atoms with E-state index in [-0.39, 0.29) is 0 Å². The molecule has 0 amide bonds. The van der Waals surface area contributed by atoms with Crippen LogP contribution in [0.5, 0.6) is 0 Å². The summed E-state index contributed by atoms with van der Waals surface area (Å²) < 4.78 is 1.08. The first kappa shape index (κ1) is 14.7. The first-order chi connectivity index (χ1) is 9.54. The first-order valence-electron chi connectivity index (χ1n) is 6.51. The summed E-state index contributed by atoms with van der Waals surface area (Å²) in [5, 5.41) is 14.3. The fourth-order valence-electron chi connectivity index (χ4n) is 1.60. The minimum atomic E-state index is 0.487. The lowest BCUT2D eigenvalue weighted by atomic mass is 10.2. The van der Waals surface area contributed by atoms with Crippen LogP contribution in [0.3, 0.4) is 0 Å². The fourth-order valence-corrected chi connectivity index (χ4v) is 1.85. The monoisotopic (exact) mass is 335 g/mol. The topological polar surface area (TPSA) is 62.7 Å². The zero-order valence-corrected chi connectivity index (χ0v) is 13.4. The average molecular weight is 336 g/mol. The summed E-state index contributed by atoms with van der Waals surface area (Å²) in [5.74, 6) is 1.76. The van der Waals surface area contributed by atoms with Crippen molar-refractivity contribution in [1.82, 2.24) is 15.2 Å². The fraction of sp³-hybridized carbons (Fsp3) is 0.357. The number of aryl methyl sites for hydroxylation is 1. The summed E-state index contributed by atoms with van der Waals surface area (Å²) in [6.07, 6.45) is 1.63. The molecular formula is C14H18BrN5. The highest BCUT2D eigenvalue weighted by Gasteiger charge is 2.03. The smallest absolute Gasteiger partial charge is 0.249 e. The molecule has 20 heavy (non-hydrogen) atoms. The van der Waals surface area contributed by atoms with Crippen molar-refractivity contribution in [3.8, 4) is 0 Å². The zero-order valence-electron chi connectivity index (χ0n) is 11.8. The second kappa shape index (κ2) is 6.65. The minimum absolute atomic E-state index is 0.487. The third-order valence-corrected chi connectivity index (χ3v) is 3.55. The van der Waals surface area contributed by atoms with Crippen LogP contribution in [0.15, 0.2) is 28.9 Å². The standard InChI is InChI=1S/C14H18BrN5/c1-9(2)7-16-13-8-17-20-14(19-13)18-11-4-5-12(15)10(3)6-11/h4-6,8-9H,7H2,1-3H3,(H2,16,18,19,20). The predicted molar refractivity (Wildman–Crippen MR) is 85.3 cm³/mol. The molecule has 2 rings (SSSR count). The Bertz CT molecular complexity index is 586. The van der Waals surface area contributed by atoms with Gasteiger partial charge >= 0.3 is 0 Å². The normalized spacial score (nSPS) is 10.7. The zero-order chi connectivity index (χ0) is 14.5. The molecule has 1 aromatic carbocycles. The number of benzene rings is 1. The maximum atomic E-state index is 4.38. The lowest BCUT2D eigenvalue weighted by Gasteiger charge is -2.09. The number of rotatable bonds is 5. The summed E-state index contributed by atoms with van der Waals surface area (Å²) >= 11 is 3.48. The van der Waals surface area contributed by atoms with Gasteiger partial charge in [-0.25, -0.2) is 0 Å². The van der Waals surface area contributed by atoms with E-state index < -0.39 is 0 Å². The van der Waals surface area contributed by atoms with Crippen molar-refractivity contribution in [2.24, 2.45) is 5.92 Å². The molecule has 2 aromatic rings. The van der Waals surface area contributed by atoms with E-state index in [2.05, 4.69) is 55.6 Å².